The van der Waals surface area contributed by atoms with E-state index in [1.807, 2.05) is 0 Å². The molecule has 0 atom stereocenters. The van der Waals surface area contributed by atoms with Crippen LogP contribution in [0.25, 0.3) is 5.65 Å². The lowest BCUT2D eigenvalue weighted by atomic mass is 10.7. The zero-order chi connectivity index (χ0) is 7.84. The maximum Gasteiger partial charge on any atom is 0.205 e. The third-order valence-corrected chi connectivity index (χ3v) is 2.31. The third kappa shape index (κ3) is 1.06. The van der Waals surface area contributed by atoms with Gasteiger partial charge < -0.3 is 0 Å². The lowest BCUT2D eigenvalue weighted by Gasteiger charge is -1.94. The van der Waals surface area contributed by atoms with Gasteiger partial charge in [-0.2, -0.15) is 0 Å². The number of rotatable bonds is 0. The van der Waals surface area contributed by atoms with Gasteiger partial charge in [-0.1, -0.05) is 0 Å². The van der Waals surface area contributed by atoms with Crippen LogP contribution in [0.15, 0.2) is 21.7 Å². The van der Waals surface area contributed by atoms with Crippen LogP contribution in [0.5, 0.6) is 0 Å². The number of fused-ring (bicyclic) bond motifs is 1. The van der Waals surface area contributed by atoms with Gasteiger partial charge in [-0.3, -0.25) is 9.38 Å². The Morgan fingerprint density at radius 1 is 1.18 bits per heavy atom. The van der Waals surface area contributed by atoms with Crippen LogP contribution in [0, 0.1) is 0 Å². The van der Waals surface area contributed by atoms with E-state index < -0.39 is 0 Å². The van der Waals surface area contributed by atoms with Crippen LogP contribution >= 0.6 is 31.9 Å². The minimum Gasteiger partial charge on any atom is -0.261 e. The van der Waals surface area contributed by atoms with E-state index in [1.165, 1.54) is 0 Å². The van der Waals surface area contributed by atoms with Crippen molar-refractivity contribution >= 4 is 37.5 Å². The van der Waals surface area contributed by atoms with E-state index in [4.69, 9.17) is 0 Å². The molecule has 2 rings (SSSR count). The minimum atomic E-state index is 0.668. The van der Waals surface area contributed by atoms with Crippen molar-refractivity contribution in [2.75, 3.05) is 0 Å². The molecule has 2 aromatic heterocycles. The molecule has 0 saturated carbocycles. The summed E-state index contributed by atoms with van der Waals surface area (Å²) in [6.45, 7) is 0. The van der Waals surface area contributed by atoms with Crippen molar-refractivity contribution in [3.05, 3.63) is 21.7 Å². The van der Waals surface area contributed by atoms with Crippen LogP contribution in [0.4, 0.5) is 0 Å². The Labute approximate surface area is 78.9 Å². The van der Waals surface area contributed by atoms with Gasteiger partial charge in [0.15, 0.2) is 5.65 Å². The third-order valence-electron chi connectivity index (χ3n) is 1.23. The Morgan fingerprint density at radius 3 is 2.73 bits per heavy atom. The second-order valence-electron chi connectivity index (χ2n) is 1.89. The van der Waals surface area contributed by atoms with Crippen LogP contribution < -0.4 is 0 Å². The molecule has 0 fully saturated rings. The number of nitrogens with zero attached hydrogens (tertiary/aromatic N) is 4. The van der Waals surface area contributed by atoms with E-state index in [-0.39, 0.29) is 0 Å². The number of halogens is 2. The molecule has 0 aliphatic carbocycles. The highest BCUT2D eigenvalue weighted by atomic mass is 79.9. The zero-order valence-corrected chi connectivity index (χ0v) is 8.37. The van der Waals surface area contributed by atoms with E-state index >= 15 is 0 Å². The Bertz CT molecular complexity index is 396. The first-order valence-corrected chi connectivity index (χ1v) is 4.38. The first-order valence-electron chi connectivity index (χ1n) is 2.79. The van der Waals surface area contributed by atoms with Crippen LogP contribution in [-0.4, -0.2) is 19.6 Å². The first-order chi connectivity index (χ1) is 5.29. The normalized spacial score (nSPS) is 10.7. The maximum absolute atomic E-state index is 3.93. The predicted molar refractivity (Wildman–Crippen MR) is 46.2 cm³/mol. The van der Waals surface area contributed by atoms with Gasteiger partial charge >= 0.3 is 0 Å². The van der Waals surface area contributed by atoms with Crippen LogP contribution in [0.2, 0.25) is 0 Å². The molecule has 0 saturated heterocycles. The molecule has 6 heteroatoms. The fourth-order valence-corrected chi connectivity index (χ4v) is 1.94. The maximum atomic E-state index is 3.93. The van der Waals surface area contributed by atoms with E-state index in [0.717, 1.165) is 4.60 Å². The van der Waals surface area contributed by atoms with Crippen molar-refractivity contribution in [1.82, 2.24) is 19.6 Å². The molecule has 0 radical (unpaired) electrons. The molecular formula is C5H2Br2N4. The minimum absolute atomic E-state index is 0.668. The Balaban J connectivity index is 2.96. The van der Waals surface area contributed by atoms with E-state index in [9.17, 15) is 0 Å². The molecule has 0 amide bonds. The highest BCUT2D eigenvalue weighted by Gasteiger charge is 2.03. The molecule has 2 heterocycles. The average Bonchev–Trinajstić information content (AvgIpc) is 2.34. The fraction of sp³-hybridized carbons (Fsp3) is 0. The number of hydrogen-bond donors (Lipinski definition) is 0. The van der Waals surface area contributed by atoms with Crippen molar-refractivity contribution in [1.29, 1.82) is 0 Å². The Kier molecular flexibility index (Phi) is 1.65. The Morgan fingerprint density at radius 2 is 2.00 bits per heavy atom. The molecule has 56 valence electrons. The fourth-order valence-electron chi connectivity index (χ4n) is 0.781. The summed E-state index contributed by atoms with van der Waals surface area (Å²) in [4.78, 5) is 3.93. The second kappa shape index (κ2) is 2.53. The van der Waals surface area contributed by atoms with Gasteiger partial charge in [0.25, 0.3) is 0 Å². The SMILES string of the molecule is Brc1cncc2nnc(Br)n12. The van der Waals surface area contributed by atoms with Crippen molar-refractivity contribution in [3.8, 4) is 0 Å². The predicted octanol–water partition coefficient (Wildman–Crippen LogP) is 1.65. The van der Waals surface area contributed by atoms with Gasteiger partial charge in [0, 0.05) is 0 Å². The van der Waals surface area contributed by atoms with Gasteiger partial charge in [-0.25, -0.2) is 0 Å². The van der Waals surface area contributed by atoms with Crippen LogP contribution in [0.1, 0.15) is 0 Å². The lowest BCUT2D eigenvalue weighted by Crippen LogP contribution is -1.88. The van der Waals surface area contributed by atoms with Crippen molar-refractivity contribution < 1.29 is 0 Å². The lowest BCUT2D eigenvalue weighted by molar-refractivity contribution is 1.03. The van der Waals surface area contributed by atoms with Gasteiger partial charge in [-0.05, 0) is 31.9 Å². The monoisotopic (exact) mass is 276 g/mol. The summed E-state index contributed by atoms with van der Waals surface area (Å²) in [5.41, 5.74) is 0.714. The van der Waals surface area contributed by atoms with Crippen molar-refractivity contribution in [2.24, 2.45) is 0 Å². The van der Waals surface area contributed by atoms with Crippen LogP contribution in [0.3, 0.4) is 0 Å². The molecule has 4 nitrogen and oxygen atoms in total. The largest absolute Gasteiger partial charge is 0.261 e. The van der Waals surface area contributed by atoms with E-state index in [0.29, 0.717) is 10.4 Å². The van der Waals surface area contributed by atoms with Crippen molar-refractivity contribution in [2.45, 2.75) is 0 Å². The zero-order valence-electron chi connectivity index (χ0n) is 5.20. The molecule has 0 aliphatic rings. The summed E-state index contributed by atoms with van der Waals surface area (Å²) in [7, 11) is 0. The van der Waals surface area contributed by atoms with Crippen LogP contribution in [-0.2, 0) is 0 Å². The second-order valence-corrected chi connectivity index (χ2v) is 3.41. The summed E-state index contributed by atoms with van der Waals surface area (Å²) >= 11 is 6.57. The molecule has 2 aromatic rings. The molecule has 0 aromatic carbocycles. The highest BCUT2D eigenvalue weighted by molar-refractivity contribution is 9.11. The molecule has 11 heavy (non-hydrogen) atoms. The summed E-state index contributed by atoms with van der Waals surface area (Å²) in [6.07, 6.45) is 3.32. The first kappa shape index (κ1) is 7.17. The summed E-state index contributed by atoms with van der Waals surface area (Å²) in [5, 5.41) is 7.67. The van der Waals surface area contributed by atoms with Gasteiger partial charge in [0.1, 0.15) is 4.60 Å². The van der Waals surface area contributed by atoms with E-state index in [1.54, 1.807) is 16.8 Å². The quantitative estimate of drug-likeness (QED) is 0.735. The molecule has 0 bridgehead atoms. The summed E-state index contributed by atoms with van der Waals surface area (Å²) < 4.78 is 3.29. The molecule has 0 aliphatic heterocycles. The standard InChI is InChI=1S/C5H2Br2N4/c6-3-1-8-2-4-9-10-5(7)11(3)4/h1-2H. The summed E-state index contributed by atoms with van der Waals surface area (Å²) in [5.74, 6) is 0. The molecule has 0 unspecified atom stereocenters. The van der Waals surface area contributed by atoms with Gasteiger partial charge in [0.05, 0.1) is 12.4 Å². The number of aromatic nitrogens is 4. The van der Waals surface area contributed by atoms with Gasteiger partial charge in [-0.15, -0.1) is 10.2 Å². The van der Waals surface area contributed by atoms with E-state index in [2.05, 4.69) is 47.0 Å². The van der Waals surface area contributed by atoms with Crippen molar-refractivity contribution in [3.63, 3.8) is 0 Å². The molecular weight excluding hydrogens is 276 g/mol. The smallest absolute Gasteiger partial charge is 0.205 e. The van der Waals surface area contributed by atoms with Gasteiger partial charge in [0.2, 0.25) is 4.73 Å². The number of hydrogen-bond acceptors (Lipinski definition) is 3. The summed E-state index contributed by atoms with van der Waals surface area (Å²) in [6, 6.07) is 0. The molecule has 0 N–H and O–H groups in total. The highest BCUT2D eigenvalue weighted by Crippen LogP contribution is 2.15. The topological polar surface area (TPSA) is 43.1 Å². The molecule has 0 spiro atoms. The Hall–Kier alpha value is -0.490. The average molecular weight is 278 g/mol.